The van der Waals surface area contributed by atoms with E-state index in [2.05, 4.69) is 15.3 Å². The summed E-state index contributed by atoms with van der Waals surface area (Å²) in [6, 6.07) is 15.0. The van der Waals surface area contributed by atoms with Crippen molar-refractivity contribution >= 4 is 40.0 Å². The molecule has 0 atom stereocenters. The highest BCUT2D eigenvalue weighted by molar-refractivity contribution is 5.91. The monoisotopic (exact) mass is 307 g/mol. The van der Waals surface area contributed by atoms with Crippen LogP contribution < -0.4 is 16.0 Å². The Labute approximate surface area is 134 Å². The van der Waals surface area contributed by atoms with Crippen LogP contribution in [0.15, 0.2) is 48.5 Å². The molecule has 0 radical (unpaired) electrons. The van der Waals surface area contributed by atoms with E-state index in [1.165, 1.54) is 6.92 Å². The van der Waals surface area contributed by atoms with Gasteiger partial charge in [0.15, 0.2) is 11.6 Å². The highest BCUT2D eigenvalue weighted by Gasteiger charge is 2.08. The molecule has 0 bridgehead atoms. The van der Waals surface area contributed by atoms with Gasteiger partial charge < -0.3 is 16.0 Å². The first-order valence-corrected chi connectivity index (χ1v) is 7.18. The van der Waals surface area contributed by atoms with E-state index in [0.717, 1.165) is 22.4 Å². The Morgan fingerprint density at radius 2 is 1.65 bits per heavy atom. The van der Waals surface area contributed by atoms with Gasteiger partial charge in [0.2, 0.25) is 5.91 Å². The molecule has 1 heterocycles. The molecule has 0 spiro atoms. The molecular formula is C17H17N5O. The van der Waals surface area contributed by atoms with Gasteiger partial charge in [0.05, 0.1) is 11.0 Å². The van der Waals surface area contributed by atoms with Crippen LogP contribution >= 0.6 is 0 Å². The summed E-state index contributed by atoms with van der Waals surface area (Å²) in [4.78, 5) is 21.8. The van der Waals surface area contributed by atoms with Gasteiger partial charge >= 0.3 is 0 Å². The molecule has 0 unspecified atom stereocenters. The number of benzene rings is 2. The van der Waals surface area contributed by atoms with Crippen molar-refractivity contribution in [1.29, 1.82) is 0 Å². The Bertz CT molecular complexity index is 860. The van der Waals surface area contributed by atoms with Crippen molar-refractivity contribution in [2.45, 2.75) is 6.92 Å². The molecule has 3 rings (SSSR count). The predicted molar refractivity (Wildman–Crippen MR) is 92.8 cm³/mol. The third-order valence-electron chi connectivity index (χ3n) is 3.59. The number of nitrogens with two attached hydrogens (primary N) is 1. The number of nitrogen functional groups attached to an aromatic ring is 1. The Hall–Kier alpha value is -3.15. The molecular weight excluding hydrogens is 290 g/mol. The number of amides is 1. The maximum Gasteiger partial charge on any atom is 0.223 e. The topological polar surface area (TPSA) is 84.1 Å². The number of hydrogen-bond donors (Lipinski definition) is 2. The van der Waals surface area contributed by atoms with Crippen molar-refractivity contribution in [2.24, 2.45) is 0 Å². The van der Waals surface area contributed by atoms with E-state index in [9.17, 15) is 4.79 Å². The van der Waals surface area contributed by atoms with Gasteiger partial charge in [-0.2, -0.15) is 0 Å². The summed E-state index contributed by atoms with van der Waals surface area (Å²) in [5, 5.41) is 3.16. The van der Waals surface area contributed by atoms with Crippen LogP contribution in [0.1, 0.15) is 6.92 Å². The number of carbonyl (C=O) groups is 1. The lowest BCUT2D eigenvalue weighted by molar-refractivity contribution is -0.116. The van der Waals surface area contributed by atoms with E-state index < -0.39 is 0 Å². The maximum absolute atomic E-state index is 11.4. The molecule has 0 aliphatic carbocycles. The van der Waals surface area contributed by atoms with E-state index in [1.807, 2.05) is 48.5 Å². The number of nitrogens with zero attached hydrogens (tertiary/aromatic N) is 3. The largest absolute Gasteiger partial charge is 0.381 e. The van der Waals surface area contributed by atoms with Crippen molar-refractivity contribution in [1.82, 2.24) is 9.97 Å². The standard InChI is InChI=1S/C17H17N5O/c1-11(23)22(2)13-9-7-12(8-10-13)19-17-16(18)20-14-5-3-4-6-15(14)21-17/h3-10H,1-2H3,(H2,18,20)(H,19,21). The number of anilines is 4. The predicted octanol–water partition coefficient (Wildman–Crippen LogP) is 2.94. The molecule has 3 N–H and O–H groups in total. The Kier molecular flexibility index (Phi) is 3.80. The average Bonchev–Trinajstić information content (AvgIpc) is 2.55. The average molecular weight is 307 g/mol. The highest BCUT2D eigenvalue weighted by atomic mass is 16.2. The zero-order chi connectivity index (χ0) is 16.4. The first kappa shape index (κ1) is 14.8. The zero-order valence-electron chi connectivity index (χ0n) is 12.9. The molecule has 0 aliphatic heterocycles. The SMILES string of the molecule is CC(=O)N(C)c1ccc(Nc2nc3ccccc3nc2N)cc1. The molecule has 1 aromatic heterocycles. The van der Waals surface area contributed by atoms with Crippen molar-refractivity contribution in [3.05, 3.63) is 48.5 Å². The number of hydrogen-bond acceptors (Lipinski definition) is 5. The lowest BCUT2D eigenvalue weighted by atomic mass is 10.2. The van der Waals surface area contributed by atoms with Crippen LogP contribution in [0.2, 0.25) is 0 Å². The fraction of sp³-hybridized carbons (Fsp3) is 0.118. The smallest absolute Gasteiger partial charge is 0.223 e. The molecule has 0 fully saturated rings. The van der Waals surface area contributed by atoms with Gasteiger partial charge in [-0.15, -0.1) is 0 Å². The summed E-state index contributed by atoms with van der Waals surface area (Å²) < 4.78 is 0. The third kappa shape index (κ3) is 3.06. The van der Waals surface area contributed by atoms with Crippen LogP contribution in [0.3, 0.4) is 0 Å². The molecule has 0 aliphatic rings. The van der Waals surface area contributed by atoms with Crippen molar-refractivity contribution < 1.29 is 4.79 Å². The van der Waals surface area contributed by atoms with Gasteiger partial charge in [0.1, 0.15) is 0 Å². The van der Waals surface area contributed by atoms with Gasteiger partial charge in [-0.1, -0.05) is 12.1 Å². The lowest BCUT2D eigenvalue weighted by Crippen LogP contribution is -2.22. The molecule has 116 valence electrons. The zero-order valence-corrected chi connectivity index (χ0v) is 12.9. The van der Waals surface area contributed by atoms with Gasteiger partial charge in [-0.25, -0.2) is 9.97 Å². The van der Waals surface area contributed by atoms with Crippen molar-refractivity contribution in [3.63, 3.8) is 0 Å². The first-order valence-electron chi connectivity index (χ1n) is 7.18. The molecule has 3 aromatic rings. The fourth-order valence-electron chi connectivity index (χ4n) is 2.19. The Balaban J connectivity index is 1.87. The second kappa shape index (κ2) is 5.92. The number of nitrogens with one attached hydrogen (secondary N) is 1. The van der Waals surface area contributed by atoms with E-state index in [0.29, 0.717) is 11.6 Å². The summed E-state index contributed by atoms with van der Waals surface area (Å²) in [6.45, 7) is 1.53. The van der Waals surface area contributed by atoms with E-state index in [1.54, 1.807) is 11.9 Å². The lowest BCUT2D eigenvalue weighted by Gasteiger charge is -2.15. The van der Waals surface area contributed by atoms with Crippen LogP contribution in [0.5, 0.6) is 0 Å². The molecule has 0 saturated heterocycles. The van der Waals surface area contributed by atoms with Gasteiger partial charge in [0, 0.05) is 25.3 Å². The number of carbonyl (C=O) groups excluding carboxylic acids is 1. The van der Waals surface area contributed by atoms with Crippen LogP contribution in [0, 0.1) is 0 Å². The third-order valence-corrected chi connectivity index (χ3v) is 3.59. The molecule has 1 amide bonds. The second-order valence-electron chi connectivity index (χ2n) is 5.20. The van der Waals surface area contributed by atoms with E-state index >= 15 is 0 Å². The quantitative estimate of drug-likeness (QED) is 0.777. The van der Waals surface area contributed by atoms with Crippen LogP contribution in [-0.2, 0) is 4.79 Å². The van der Waals surface area contributed by atoms with Crippen LogP contribution in [-0.4, -0.2) is 22.9 Å². The van der Waals surface area contributed by atoms with Gasteiger partial charge in [-0.3, -0.25) is 4.79 Å². The van der Waals surface area contributed by atoms with E-state index in [-0.39, 0.29) is 5.91 Å². The molecule has 23 heavy (non-hydrogen) atoms. The van der Waals surface area contributed by atoms with Gasteiger partial charge in [-0.05, 0) is 36.4 Å². The van der Waals surface area contributed by atoms with Crippen LogP contribution in [0.25, 0.3) is 11.0 Å². The normalized spacial score (nSPS) is 10.5. The highest BCUT2D eigenvalue weighted by Crippen LogP contribution is 2.24. The first-order chi connectivity index (χ1) is 11.0. The van der Waals surface area contributed by atoms with Gasteiger partial charge in [0.25, 0.3) is 0 Å². The number of para-hydroxylation sites is 2. The Morgan fingerprint density at radius 1 is 1.04 bits per heavy atom. The fourth-order valence-corrected chi connectivity index (χ4v) is 2.19. The number of aromatic nitrogens is 2. The minimum Gasteiger partial charge on any atom is -0.381 e. The number of rotatable bonds is 3. The second-order valence-corrected chi connectivity index (χ2v) is 5.20. The van der Waals surface area contributed by atoms with Crippen molar-refractivity contribution in [3.8, 4) is 0 Å². The molecule has 6 nitrogen and oxygen atoms in total. The minimum absolute atomic E-state index is 0.0182. The Morgan fingerprint density at radius 3 is 2.26 bits per heavy atom. The number of fused-ring (bicyclic) bond motifs is 1. The maximum atomic E-state index is 11.4. The molecule has 6 heteroatoms. The summed E-state index contributed by atoms with van der Waals surface area (Å²) >= 11 is 0. The summed E-state index contributed by atoms with van der Waals surface area (Å²) in [6.07, 6.45) is 0. The van der Waals surface area contributed by atoms with E-state index in [4.69, 9.17) is 5.73 Å². The van der Waals surface area contributed by atoms with Crippen LogP contribution in [0.4, 0.5) is 23.0 Å². The summed E-state index contributed by atoms with van der Waals surface area (Å²) in [7, 11) is 1.73. The minimum atomic E-state index is -0.0182. The molecule has 2 aromatic carbocycles. The van der Waals surface area contributed by atoms with Crippen molar-refractivity contribution in [2.75, 3.05) is 23.0 Å². The summed E-state index contributed by atoms with van der Waals surface area (Å²) in [5.74, 6) is 0.834. The summed E-state index contributed by atoms with van der Waals surface area (Å²) in [5.41, 5.74) is 9.14. The molecule has 0 saturated carbocycles.